The number of rotatable bonds is 8. The monoisotopic (exact) mass is 394 g/mol. The molecular formula is C19H23FN2O4S. The minimum absolute atomic E-state index is 0.107. The number of amides is 1. The van der Waals surface area contributed by atoms with Crippen molar-refractivity contribution in [2.75, 3.05) is 24.2 Å². The summed E-state index contributed by atoms with van der Waals surface area (Å²) in [5.74, 6) is -0.290. The number of benzene rings is 2. The van der Waals surface area contributed by atoms with Crippen LogP contribution in [0.2, 0.25) is 0 Å². The molecule has 0 heterocycles. The lowest BCUT2D eigenvalue weighted by Crippen LogP contribution is -2.48. The smallest absolute Gasteiger partial charge is 0.243 e. The van der Waals surface area contributed by atoms with E-state index >= 15 is 0 Å². The molecule has 1 atom stereocenters. The lowest BCUT2D eigenvalue weighted by atomic mass is 10.1. The van der Waals surface area contributed by atoms with Crippen LogP contribution in [0.4, 0.5) is 10.1 Å². The zero-order valence-electron chi connectivity index (χ0n) is 15.5. The van der Waals surface area contributed by atoms with E-state index in [4.69, 9.17) is 4.74 Å². The summed E-state index contributed by atoms with van der Waals surface area (Å²) in [5, 5.41) is 2.73. The van der Waals surface area contributed by atoms with Gasteiger partial charge in [-0.25, -0.2) is 12.8 Å². The first-order chi connectivity index (χ1) is 12.7. The summed E-state index contributed by atoms with van der Waals surface area (Å²) in [7, 11) is -2.19. The number of ether oxygens (including phenoxy) is 1. The van der Waals surface area contributed by atoms with Crippen molar-refractivity contribution in [1.29, 1.82) is 0 Å². The van der Waals surface area contributed by atoms with Crippen molar-refractivity contribution in [3.63, 3.8) is 0 Å². The Bertz CT molecular complexity index is 885. The summed E-state index contributed by atoms with van der Waals surface area (Å²) in [5.41, 5.74) is 1.11. The normalized spacial score (nSPS) is 12.3. The van der Waals surface area contributed by atoms with Crippen LogP contribution in [0.1, 0.15) is 12.5 Å². The van der Waals surface area contributed by atoms with E-state index < -0.39 is 27.8 Å². The van der Waals surface area contributed by atoms with Gasteiger partial charge in [-0.3, -0.25) is 9.10 Å². The second-order valence-corrected chi connectivity index (χ2v) is 7.96. The quantitative estimate of drug-likeness (QED) is 0.746. The molecule has 0 aliphatic heterocycles. The van der Waals surface area contributed by atoms with Crippen LogP contribution >= 0.6 is 0 Å². The molecule has 8 heteroatoms. The average molecular weight is 394 g/mol. The first-order valence-electron chi connectivity index (χ1n) is 8.38. The first kappa shape index (κ1) is 20.7. The third-order valence-electron chi connectivity index (χ3n) is 4.02. The topological polar surface area (TPSA) is 75.7 Å². The molecule has 0 aromatic heterocycles. The molecule has 2 aromatic carbocycles. The summed E-state index contributed by atoms with van der Waals surface area (Å²) < 4.78 is 43.8. The van der Waals surface area contributed by atoms with Crippen molar-refractivity contribution in [3.8, 4) is 5.75 Å². The summed E-state index contributed by atoms with van der Waals surface area (Å²) in [4.78, 5) is 12.4. The maximum absolute atomic E-state index is 13.5. The third kappa shape index (κ3) is 5.68. The number of methoxy groups -OCH3 is 1. The predicted molar refractivity (Wildman–Crippen MR) is 103 cm³/mol. The van der Waals surface area contributed by atoms with Crippen molar-refractivity contribution in [2.24, 2.45) is 0 Å². The van der Waals surface area contributed by atoms with Crippen molar-refractivity contribution < 1.29 is 22.3 Å². The molecule has 2 rings (SSSR count). The SMILES string of the molecule is COc1ccc(CCNC(=O)C(C)N(c2cccc(F)c2)S(C)(=O)=O)cc1. The van der Waals surface area contributed by atoms with Gasteiger partial charge in [-0.2, -0.15) is 0 Å². The van der Waals surface area contributed by atoms with Crippen LogP contribution in [0.15, 0.2) is 48.5 Å². The van der Waals surface area contributed by atoms with Crippen LogP contribution in [-0.4, -0.2) is 40.3 Å². The predicted octanol–water partition coefficient (Wildman–Crippen LogP) is 2.35. The van der Waals surface area contributed by atoms with Gasteiger partial charge in [0.05, 0.1) is 19.1 Å². The fraction of sp³-hybridized carbons (Fsp3) is 0.316. The summed E-state index contributed by atoms with van der Waals surface area (Å²) in [6.45, 7) is 1.81. The number of carbonyl (C=O) groups excluding carboxylic acids is 1. The molecule has 146 valence electrons. The van der Waals surface area contributed by atoms with E-state index in [2.05, 4.69) is 5.32 Å². The van der Waals surface area contributed by atoms with Gasteiger partial charge >= 0.3 is 0 Å². The van der Waals surface area contributed by atoms with Gasteiger partial charge in [0.15, 0.2) is 0 Å². The molecule has 1 amide bonds. The molecule has 0 spiro atoms. The number of carbonyl (C=O) groups is 1. The molecule has 0 saturated heterocycles. The van der Waals surface area contributed by atoms with Crippen LogP contribution in [0.25, 0.3) is 0 Å². The standard InChI is InChI=1S/C19H23FN2O4S/c1-14(22(27(3,24)25)17-6-4-5-16(20)13-17)19(23)21-12-11-15-7-9-18(26-2)10-8-15/h4-10,13-14H,11-12H2,1-3H3,(H,21,23). The average Bonchev–Trinajstić information content (AvgIpc) is 2.61. The minimum atomic E-state index is -3.77. The van der Waals surface area contributed by atoms with E-state index in [-0.39, 0.29) is 5.69 Å². The van der Waals surface area contributed by atoms with Gasteiger partial charge in [0.25, 0.3) is 0 Å². The number of sulfonamides is 1. The second kappa shape index (κ2) is 8.85. The number of nitrogens with one attached hydrogen (secondary N) is 1. The fourth-order valence-corrected chi connectivity index (χ4v) is 3.86. The number of hydrogen-bond acceptors (Lipinski definition) is 4. The Morgan fingerprint density at radius 1 is 1.22 bits per heavy atom. The highest BCUT2D eigenvalue weighted by Crippen LogP contribution is 2.21. The van der Waals surface area contributed by atoms with Crippen LogP contribution < -0.4 is 14.4 Å². The Balaban J connectivity index is 2.04. The second-order valence-electron chi connectivity index (χ2n) is 6.10. The van der Waals surface area contributed by atoms with E-state index in [0.717, 1.165) is 27.9 Å². The van der Waals surface area contributed by atoms with Gasteiger partial charge in [0.1, 0.15) is 17.6 Å². The number of anilines is 1. The van der Waals surface area contributed by atoms with Crippen molar-refractivity contribution in [1.82, 2.24) is 5.32 Å². The summed E-state index contributed by atoms with van der Waals surface area (Å²) >= 11 is 0. The molecule has 0 radical (unpaired) electrons. The van der Waals surface area contributed by atoms with E-state index in [0.29, 0.717) is 13.0 Å². The van der Waals surface area contributed by atoms with Gasteiger partial charge < -0.3 is 10.1 Å². The number of nitrogens with zero attached hydrogens (tertiary/aromatic N) is 1. The Hall–Kier alpha value is -2.61. The third-order valence-corrected chi connectivity index (χ3v) is 5.26. The molecule has 1 N–H and O–H groups in total. The maximum atomic E-state index is 13.5. The highest BCUT2D eigenvalue weighted by Gasteiger charge is 2.29. The largest absolute Gasteiger partial charge is 0.497 e. The Labute approximate surface area is 159 Å². The number of hydrogen-bond donors (Lipinski definition) is 1. The summed E-state index contributed by atoms with van der Waals surface area (Å²) in [6.07, 6.45) is 1.57. The van der Waals surface area contributed by atoms with Gasteiger partial charge in [-0.1, -0.05) is 18.2 Å². The Morgan fingerprint density at radius 3 is 2.44 bits per heavy atom. The van der Waals surface area contributed by atoms with Crippen LogP contribution in [0, 0.1) is 5.82 Å². The first-order valence-corrected chi connectivity index (χ1v) is 10.2. The van der Waals surface area contributed by atoms with E-state index in [1.807, 2.05) is 24.3 Å². The molecule has 0 fully saturated rings. The highest BCUT2D eigenvalue weighted by molar-refractivity contribution is 7.92. The molecule has 2 aromatic rings. The van der Waals surface area contributed by atoms with Crippen LogP contribution in [0.5, 0.6) is 5.75 Å². The molecule has 0 bridgehead atoms. The van der Waals surface area contributed by atoms with Crippen LogP contribution in [-0.2, 0) is 21.2 Å². The Morgan fingerprint density at radius 2 is 1.89 bits per heavy atom. The zero-order valence-corrected chi connectivity index (χ0v) is 16.3. The van der Waals surface area contributed by atoms with E-state index in [1.54, 1.807) is 7.11 Å². The maximum Gasteiger partial charge on any atom is 0.243 e. The van der Waals surface area contributed by atoms with Crippen molar-refractivity contribution >= 4 is 21.6 Å². The van der Waals surface area contributed by atoms with E-state index in [1.165, 1.54) is 25.1 Å². The van der Waals surface area contributed by atoms with Crippen molar-refractivity contribution in [2.45, 2.75) is 19.4 Å². The van der Waals surface area contributed by atoms with Gasteiger partial charge in [-0.15, -0.1) is 0 Å². The molecule has 27 heavy (non-hydrogen) atoms. The zero-order chi connectivity index (χ0) is 20.0. The lowest BCUT2D eigenvalue weighted by Gasteiger charge is -2.28. The highest BCUT2D eigenvalue weighted by atomic mass is 32.2. The number of halogens is 1. The molecule has 0 saturated carbocycles. The van der Waals surface area contributed by atoms with Gasteiger partial charge in [0.2, 0.25) is 15.9 Å². The van der Waals surface area contributed by atoms with Crippen LogP contribution in [0.3, 0.4) is 0 Å². The molecule has 0 aliphatic carbocycles. The van der Waals surface area contributed by atoms with E-state index in [9.17, 15) is 17.6 Å². The minimum Gasteiger partial charge on any atom is -0.497 e. The molecular weight excluding hydrogens is 371 g/mol. The molecule has 1 unspecified atom stereocenters. The Kier molecular flexibility index (Phi) is 6.79. The fourth-order valence-electron chi connectivity index (χ4n) is 2.69. The summed E-state index contributed by atoms with van der Waals surface area (Å²) in [6, 6.07) is 11.6. The van der Waals surface area contributed by atoms with Gasteiger partial charge in [0, 0.05) is 6.54 Å². The van der Waals surface area contributed by atoms with Crippen molar-refractivity contribution in [3.05, 3.63) is 59.9 Å². The lowest BCUT2D eigenvalue weighted by molar-refractivity contribution is -0.121. The molecule has 6 nitrogen and oxygen atoms in total. The molecule has 0 aliphatic rings. The van der Waals surface area contributed by atoms with Gasteiger partial charge in [-0.05, 0) is 49.2 Å².